The molecule has 0 aliphatic carbocycles. The van der Waals surface area contributed by atoms with Crippen molar-refractivity contribution in [2.75, 3.05) is 6.61 Å². The highest BCUT2D eigenvalue weighted by Crippen LogP contribution is 2.31. The van der Waals surface area contributed by atoms with Gasteiger partial charge in [-0.05, 0) is 57.2 Å². The van der Waals surface area contributed by atoms with Gasteiger partial charge >= 0.3 is 0 Å². The molecule has 1 heterocycles. The normalized spacial score (nSPS) is 21.6. The molecule has 0 bridgehead atoms. The summed E-state index contributed by atoms with van der Waals surface area (Å²) in [6.45, 7) is 9.62. The maximum absolute atomic E-state index is 5.98. The van der Waals surface area contributed by atoms with Crippen molar-refractivity contribution in [2.24, 2.45) is 5.73 Å². The summed E-state index contributed by atoms with van der Waals surface area (Å²) in [5, 5.41) is 0. The molecule has 19 heavy (non-hydrogen) atoms. The van der Waals surface area contributed by atoms with E-state index in [1.807, 2.05) is 0 Å². The quantitative estimate of drug-likeness (QED) is 0.908. The van der Waals surface area contributed by atoms with Crippen molar-refractivity contribution >= 4 is 0 Å². The van der Waals surface area contributed by atoms with Crippen LogP contribution in [-0.4, -0.2) is 18.3 Å². The van der Waals surface area contributed by atoms with E-state index in [0.717, 1.165) is 35.3 Å². The Kier molecular flexibility index (Phi) is 4.16. The fourth-order valence-electron chi connectivity index (χ4n) is 2.76. The lowest BCUT2D eigenvalue weighted by molar-refractivity contribution is -0.0328. The summed E-state index contributed by atoms with van der Waals surface area (Å²) in [5.41, 5.74) is 9.14. The molecule has 1 aliphatic heterocycles. The largest absolute Gasteiger partial charge is 0.490 e. The molecule has 1 unspecified atom stereocenters. The van der Waals surface area contributed by atoms with Gasteiger partial charge in [0.05, 0.1) is 11.7 Å². The molecule has 1 atom stereocenters. The minimum absolute atomic E-state index is 0.00151. The van der Waals surface area contributed by atoms with Crippen LogP contribution in [0.1, 0.15) is 43.4 Å². The van der Waals surface area contributed by atoms with Crippen molar-refractivity contribution in [3.8, 4) is 5.75 Å². The lowest BCUT2D eigenvalue weighted by Crippen LogP contribution is -2.24. The van der Waals surface area contributed by atoms with Crippen molar-refractivity contribution in [2.45, 2.75) is 58.8 Å². The first-order valence-corrected chi connectivity index (χ1v) is 7.02. The summed E-state index contributed by atoms with van der Waals surface area (Å²) in [7, 11) is 0. The Bertz CT molecular complexity index is 431. The first-order valence-electron chi connectivity index (χ1n) is 7.02. The van der Waals surface area contributed by atoms with E-state index in [2.05, 4.69) is 39.8 Å². The van der Waals surface area contributed by atoms with Crippen LogP contribution in [0.4, 0.5) is 0 Å². The molecule has 3 heteroatoms. The van der Waals surface area contributed by atoms with Crippen molar-refractivity contribution in [3.63, 3.8) is 0 Å². The summed E-state index contributed by atoms with van der Waals surface area (Å²) in [4.78, 5) is 0. The van der Waals surface area contributed by atoms with Gasteiger partial charge in [-0.2, -0.15) is 0 Å². The van der Waals surface area contributed by atoms with Gasteiger partial charge in [-0.25, -0.2) is 0 Å². The Labute approximate surface area is 116 Å². The van der Waals surface area contributed by atoms with Gasteiger partial charge < -0.3 is 15.2 Å². The molecular weight excluding hydrogens is 238 g/mol. The second-order valence-corrected chi connectivity index (χ2v) is 6.11. The van der Waals surface area contributed by atoms with Gasteiger partial charge in [0.15, 0.2) is 0 Å². The number of nitrogens with two attached hydrogens (primary N) is 1. The molecule has 1 saturated heterocycles. The van der Waals surface area contributed by atoms with E-state index in [1.54, 1.807) is 0 Å². The fraction of sp³-hybridized carbons (Fsp3) is 0.625. The number of aryl methyl sites for hydroxylation is 2. The van der Waals surface area contributed by atoms with E-state index in [1.165, 1.54) is 0 Å². The topological polar surface area (TPSA) is 44.5 Å². The molecule has 0 spiro atoms. The molecule has 0 amide bonds. The van der Waals surface area contributed by atoms with E-state index in [4.69, 9.17) is 15.2 Å². The minimum atomic E-state index is 0.00151. The highest BCUT2D eigenvalue weighted by atomic mass is 16.6. The fourth-order valence-corrected chi connectivity index (χ4v) is 2.76. The Hall–Kier alpha value is -1.06. The molecule has 0 radical (unpaired) electrons. The van der Waals surface area contributed by atoms with Crippen molar-refractivity contribution in [1.82, 2.24) is 0 Å². The van der Waals surface area contributed by atoms with Gasteiger partial charge in [0, 0.05) is 6.54 Å². The van der Waals surface area contributed by atoms with Crippen LogP contribution in [0.15, 0.2) is 12.1 Å². The number of rotatable bonds is 4. The third kappa shape index (κ3) is 3.48. The highest BCUT2D eigenvalue weighted by molar-refractivity contribution is 5.43. The predicted molar refractivity (Wildman–Crippen MR) is 77.5 cm³/mol. The van der Waals surface area contributed by atoms with E-state index in [0.29, 0.717) is 13.2 Å². The first-order chi connectivity index (χ1) is 8.91. The Morgan fingerprint density at radius 3 is 2.42 bits per heavy atom. The SMILES string of the molecule is Cc1cc(CN)cc(C)c1OCC1CCC(C)(C)O1. The molecule has 2 N–H and O–H groups in total. The number of benzene rings is 1. The van der Waals surface area contributed by atoms with Crippen LogP contribution in [0, 0.1) is 13.8 Å². The maximum atomic E-state index is 5.98. The average Bonchev–Trinajstić information content (AvgIpc) is 2.67. The zero-order valence-electron chi connectivity index (χ0n) is 12.5. The van der Waals surface area contributed by atoms with Crippen LogP contribution in [-0.2, 0) is 11.3 Å². The average molecular weight is 263 g/mol. The zero-order chi connectivity index (χ0) is 14.0. The molecule has 1 aromatic rings. The smallest absolute Gasteiger partial charge is 0.125 e. The van der Waals surface area contributed by atoms with Crippen molar-refractivity contribution in [3.05, 3.63) is 28.8 Å². The first kappa shape index (κ1) is 14.4. The van der Waals surface area contributed by atoms with Gasteiger partial charge in [-0.1, -0.05) is 12.1 Å². The van der Waals surface area contributed by atoms with E-state index in [9.17, 15) is 0 Å². The summed E-state index contributed by atoms with van der Waals surface area (Å²) in [6, 6.07) is 4.20. The van der Waals surface area contributed by atoms with Crippen molar-refractivity contribution < 1.29 is 9.47 Å². The van der Waals surface area contributed by atoms with Crippen LogP contribution < -0.4 is 10.5 Å². The second kappa shape index (κ2) is 5.51. The molecule has 3 nitrogen and oxygen atoms in total. The Morgan fingerprint density at radius 1 is 1.32 bits per heavy atom. The Balaban J connectivity index is 2.00. The monoisotopic (exact) mass is 263 g/mol. The number of ether oxygens (including phenoxy) is 2. The van der Waals surface area contributed by atoms with Gasteiger partial charge in [-0.3, -0.25) is 0 Å². The van der Waals surface area contributed by atoms with Gasteiger partial charge in [0.25, 0.3) is 0 Å². The predicted octanol–water partition coefficient (Wildman–Crippen LogP) is 3.10. The molecule has 1 aromatic carbocycles. The molecule has 1 aliphatic rings. The second-order valence-electron chi connectivity index (χ2n) is 6.11. The van der Waals surface area contributed by atoms with E-state index in [-0.39, 0.29) is 11.7 Å². The van der Waals surface area contributed by atoms with Gasteiger partial charge in [0.1, 0.15) is 12.4 Å². The molecule has 0 saturated carbocycles. The summed E-state index contributed by atoms with van der Waals surface area (Å²) in [5.74, 6) is 0.977. The Morgan fingerprint density at radius 2 is 1.95 bits per heavy atom. The van der Waals surface area contributed by atoms with Gasteiger partial charge in [0.2, 0.25) is 0 Å². The molecular formula is C16H25NO2. The summed E-state index contributed by atoms with van der Waals surface area (Å²) in [6.07, 6.45) is 2.39. The van der Waals surface area contributed by atoms with Crippen molar-refractivity contribution in [1.29, 1.82) is 0 Å². The van der Waals surface area contributed by atoms with Crippen LogP contribution in [0.5, 0.6) is 5.75 Å². The molecule has 106 valence electrons. The van der Waals surface area contributed by atoms with E-state index < -0.39 is 0 Å². The minimum Gasteiger partial charge on any atom is -0.490 e. The summed E-state index contributed by atoms with van der Waals surface area (Å²) >= 11 is 0. The molecule has 0 aromatic heterocycles. The van der Waals surface area contributed by atoms with E-state index >= 15 is 0 Å². The maximum Gasteiger partial charge on any atom is 0.125 e. The zero-order valence-corrected chi connectivity index (χ0v) is 12.5. The molecule has 1 fully saturated rings. The lowest BCUT2D eigenvalue weighted by Gasteiger charge is -2.20. The van der Waals surface area contributed by atoms with Crippen LogP contribution in [0.2, 0.25) is 0 Å². The van der Waals surface area contributed by atoms with Crippen LogP contribution in [0.3, 0.4) is 0 Å². The lowest BCUT2D eigenvalue weighted by atomic mass is 10.1. The van der Waals surface area contributed by atoms with Crippen LogP contribution >= 0.6 is 0 Å². The van der Waals surface area contributed by atoms with Crippen LogP contribution in [0.25, 0.3) is 0 Å². The van der Waals surface area contributed by atoms with Gasteiger partial charge in [-0.15, -0.1) is 0 Å². The standard InChI is InChI=1S/C16H25NO2/c1-11-7-13(9-17)8-12(2)15(11)18-10-14-5-6-16(3,4)19-14/h7-8,14H,5-6,9-10,17H2,1-4H3. The third-order valence-corrected chi connectivity index (χ3v) is 3.72. The summed E-state index contributed by atoms with van der Waals surface area (Å²) < 4.78 is 11.9. The molecule has 2 rings (SSSR count). The third-order valence-electron chi connectivity index (χ3n) is 3.72. The highest BCUT2D eigenvalue weighted by Gasteiger charge is 2.32. The number of hydrogen-bond donors (Lipinski definition) is 1. The number of hydrogen-bond acceptors (Lipinski definition) is 3.